The fraction of sp³-hybridized carbons (Fsp3) is 0.250. The predicted octanol–water partition coefficient (Wildman–Crippen LogP) is 0.523. The monoisotopic (exact) mass is 195 g/mol. The molecule has 0 radical (unpaired) electrons. The summed E-state index contributed by atoms with van der Waals surface area (Å²) in [6.45, 7) is 2.19. The molecule has 0 aliphatic heterocycles. The summed E-state index contributed by atoms with van der Waals surface area (Å²) in [6, 6.07) is 1.48. The first-order valence-corrected chi connectivity index (χ1v) is 4.77. The van der Waals surface area contributed by atoms with Gasteiger partial charge in [-0.25, -0.2) is 4.98 Å². The summed E-state index contributed by atoms with van der Waals surface area (Å²) >= 11 is 1.45. The minimum absolute atomic E-state index is 0.0517. The van der Waals surface area contributed by atoms with Crippen molar-refractivity contribution in [2.45, 2.75) is 13.5 Å². The number of nitrogens with zero attached hydrogens (tertiary/aromatic N) is 2. The molecule has 2 aromatic rings. The maximum absolute atomic E-state index is 11.5. The molecule has 0 unspecified atom stereocenters. The van der Waals surface area contributed by atoms with Crippen LogP contribution in [0.25, 0.3) is 4.96 Å². The molecule has 0 saturated heterocycles. The van der Waals surface area contributed by atoms with E-state index in [1.165, 1.54) is 17.4 Å². The zero-order valence-electron chi connectivity index (χ0n) is 7.15. The normalized spacial score (nSPS) is 10.9. The van der Waals surface area contributed by atoms with E-state index in [0.29, 0.717) is 17.2 Å². The first-order chi connectivity index (χ1) is 6.22. The van der Waals surface area contributed by atoms with Crippen LogP contribution in [0.2, 0.25) is 0 Å². The van der Waals surface area contributed by atoms with Gasteiger partial charge in [-0.05, 0) is 6.92 Å². The van der Waals surface area contributed by atoms with Gasteiger partial charge in [-0.3, -0.25) is 9.20 Å². The number of rotatable bonds is 1. The van der Waals surface area contributed by atoms with Crippen LogP contribution in [0.4, 0.5) is 0 Å². The minimum Gasteiger partial charge on any atom is -0.325 e. The van der Waals surface area contributed by atoms with E-state index in [1.54, 1.807) is 4.40 Å². The molecule has 0 spiro atoms. The number of aromatic nitrogens is 2. The number of fused-ring (bicyclic) bond motifs is 1. The summed E-state index contributed by atoms with van der Waals surface area (Å²) in [6.07, 6.45) is 0. The van der Waals surface area contributed by atoms with Crippen LogP contribution in [-0.2, 0) is 6.54 Å². The fourth-order valence-electron chi connectivity index (χ4n) is 1.21. The van der Waals surface area contributed by atoms with E-state index in [-0.39, 0.29) is 5.56 Å². The van der Waals surface area contributed by atoms with Gasteiger partial charge in [0.05, 0.1) is 5.69 Å². The van der Waals surface area contributed by atoms with E-state index in [1.807, 2.05) is 12.3 Å². The molecule has 0 atom stereocenters. The molecule has 68 valence electrons. The summed E-state index contributed by atoms with van der Waals surface area (Å²) in [5.74, 6) is 0. The lowest BCUT2D eigenvalue weighted by molar-refractivity contribution is 0.940. The van der Waals surface area contributed by atoms with Crippen LogP contribution in [0.5, 0.6) is 0 Å². The van der Waals surface area contributed by atoms with Gasteiger partial charge in [0.15, 0.2) is 4.96 Å². The average molecular weight is 195 g/mol. The molecule has 0 saturated carbocycles. The molecule has 0 aliphatic carbocycles. The van der Waals surface area contributed by atoms with Gasteiger partial charge in [0.1, 0.15) is 0 Å². The van der Waals surface area contributed by atoms with Crippen molar-refractivity contribution in [3.05, 3.63) is 33.2 Å². The molecule has 0 aromatic carbocycles. The van der Waals surface area contributed by atoms with Crippen LogP contribution in [0.3, 0.4) is 0 Å². The topological polar surface area (TPSA) is 60.4 Å². The predicted molar refractivity (Wildman–Crippen MR) is 52.0 cm³/mol. The summed E-state index contributed by atoms with van der Waals surface area (Å²) in [5.41, 5.74) is 6.92. The average Bonchev–Trinajstić information content (AvgIpc) is 2.48. The Balaban J connectivity index is 2.87. The van der Waals surface area contributed by atoms with Crippen LogP contribution in [0.15, 0.2) is 16.2 Å². The summed E-state index contributed by atoms with van der Waals surface area (Å²) < 4.78 is 1.59. The molecule has 0 amide bonds. The molecule has 0 aliphatic rings. The van der Waals surface area contributed by atoms with Crippen molar-refractivity contribution in [1.82, 2.24) is 9.38 Å². The maximum Gasteiger partial charge on any atom is 0.259 e. The first kappa shape index (κ1) is 8.40. The van der Waals surface area contributed by atoms with Gasteiger partial charge in [-0.1, -0.05) is 0 Å². The molecule has 2 rings (SSSR count). The number of aryl methyl sites for hydroxylation is 1. The molecule has 0 bridgehead atoms. The number of hydrogen-bond acceptors (Lipinski definition) is 4. The highest BCUT2D eigenvalue weighted by atomic mass is 32.1. The van der Waals surface area contributed by atoms with Crippen LogP contribution < -0.4 is 11.3 Å². The maximum atomic E-state index is 11.5. The summed E-state index contributed by atoms with van der Waals surface area (Å²) in [5, 5.41) is 1.91. The highest BCUT2D eigenvalue weighted by Crippen LogP contribution is 2.10. The second-order valence-corrected chi connectivity index (χ2v) is 3.62. The molecule has 5 heteroatoms. The molecule has 4 nitrogen and oxygen atoms in total. The third kappa shape index (κ3) is 1.26. The second-order valence-electron chi connectivity index (χ2n) is 2.78. The molecule has 2 N–H and O–H groups in total. The van der Waals surface area contributed by atoms with Crippen molar-refractivity contribution in [2.75, 3.05) is 0 Å². The van der Waals surface area contributed by atoms with Gasteiger partial charge in [0.25, 0.3) is 5.56 Å². The molecule has 13 heavy (non-hydrogen) atoms. The van der Waals surface area contributed by atoms with Crippen LogP contribution >= 0.6 is 11.3 Å². The van der Waals surface area contributed by atoms with Gasteiger partial charge >= 0.3 is 0 Å². The number of thiazole rings is 1. The quantitative estimate of drug-likeness (QED) is 0.721. The molecule has 2 aromatic heterocycles. The van der Waals surface area contributed by atoms with Crippen molar-refractivity contribution in [2.24, 2.45) is 5.73 Å². The third-order valence-electron chi connectivity index (χ3n) is 1.84. The zero-order chi connectivity index (χ0) is 9.42. The standard InChI is InChI=1S/C8H9N3OS/c1-5-4-13-8-10-6(3-9)2-7(12)11(5)8/h2,4H,3,9H2,1H3. The van der Waals surface area contributed by atoms with E-state index in [0.717, 1.165) is 5.69 Å². The van der Waals surface area contributed by atoms with E-state index in [2.05, 4.69) is 4.98 Å². The second kappa shape index (κ2) is 2.93. The van der Waals surface area contributed by atoms with Crippen molar-refractivity contribution in [3.8, 4) is 0 Å². The van der Waals surface area contributed by atoms with Crippen LogP contribution in [0.1, 0.15) is 11.4 Å². The largest absolute Gasteiger partial charge is 0.325 e. The van der Waals surface area contributed by atoms with Crippen LogP contribution in [0, 0.1) is 6.92 Å². The van der Waals surface area contributed by atoms with E-state index in [4.69, 9.17) is 5.73 Å². The van der Waals surface area contributed by atoms with Crippen molar-refractivity contribution in [1.29, 1.82) is 0 Å². The Morgan fingerprint density at radius 3 is 3.15 bits per heavy atom. The highest BCUT2D eigenvalue weighted by molar-refractivity contribution is 7.15. The smallest absolute Gasteiger partial charge is 0.259 e. The van der Waals surface area contributed by atoms with Gasteiger partial charge in [0, 0.05) is 23.7 Å². The Morgan fingerprint density at radius 1 is 1.69 bits per heavy atom. The third-order valence-corrected chi connectivity index (χ3v) is 2.78. The number of nitrogens with two attached hydrogens (primary N) is 1. The van der Waals surface area contributed by atoms with E-state index >= 15 is 0 Å². The SMILES string of the molecule is Cc1csc2nc(CN)cc(=O)n12. The highest BCUT2D eigenvalue weighted by Gasteiger charge is 2.04. The minimum atomic E-state index is -0.0517. The Bertz CT molecular complexity index is 500. The Kier molecular flexibility index (Phi) is 1.90. The van der Waals surface area contributed by atoms with Crippen molar-refractivity contribution < 1.29 is 0 Å². The Morgan fingerprint density at radius 2 is 2.46 bits per heavy atom. The lowest BCUT2D eigenvalue weighted by Crippen LogP contribution is -2.16. The Hall–Kier alpha value is -1.20. The first-order valence-electron chi connectivity index (χ1n) is 3.89. The zero-order valence-corrected chi connectivity index (χ0v) is 7.97. The van der Waals surface area contributed by atoms with Gasteiger partial charge in [-0.2, -0.15) is 0 Å². The van der Waals surface area contributed by atoms with Gasteiger partial charge in [-0.15, -0.1) is 11.3 Å². The van der Waals surface area contributed by atoms with Crippen molar-refractivity contribution in [3.63, 3.8) is 0 Å². The van der Waals surface area contributed by atoms with Gasteiger partial charge in [0.2, 0.25) is 0 Å². The molecular weight excluding hydrogens is 186 g/mol. The molecule has 0 fully saturated rings. The summed E-state index contributed by atoms with van der Waals surface area (Å²) in [7, 11) is 0. The Labute approximate surface area is 78.7 Å². The fourth-order valence-corrected chi connectivity index (χ4v) is 2.10. The van der Waals surface area contributed by atoms with Crippen LogP contribution in [-0.4, -0.2) is 9.38 Å². The molecular formula is C8H9N3OS. The molecule has 2 heterocycles. The lowest BCUT2D eigenvalue weighted by Gasteiger charge is -1.97. The van der Waals surface area contributed by atoms with Gasteiger partial charge < -0.3 is 5.73 Å². The summed E-state index contributed by atoms with van der Waals surface area (Å²) in [4.78, 5) is 16.5. The lowest BCUT2D eigenvalue weighted by atomic mass is 10.4. The number of hydrogen-bond donors (Lipinski definition) is 1. The van der Waals surface area contributed by atoms with Crippen molar-refractivity contribution >= 4 is 16.3 Å². The van der Waals surface area contributed by atoms with E-state index < -0.39 is 0 Å². The van der Waals surface area contributed by atoms with E-state index in [9.17, 15) is 4.79 Å².